The Hall–Kier alpha value is -2.45. The van der Waals surface area contributed by atoms with E-state index in [1.54, 1.807) is 24.3 Å². The van der Waals surface area contributed by atoms with E-state index in [0.717, 1.165) is 0 Å². The molecule has 0 N–H and O–H groups in total. The zero-order chi connectivity index (χ0) is 19.6. The monoisotopic (exact) mass is 378 g/mol. The fraction of sp³-hybridized carbons (Fsp3) is 0.526. The van der Waals surface area contributed by atoms with Crippen LogP contribution in [0.25, 0.3) is 0 Å². The largest absolute Gasteiger partial charge is 0.462 e. The maximum Gasteiger partial charge on any atom is 0.338 e. The number of ether oxygens (including phenoxy) is 5. The highest BCUT2D eigenvalue weighted by Crippen LogP contribution is 2.57. The first-order chi connectivity index (χ1) is 12.9. The van der Waals surface area contributed by atoms with Crippen molar-refractivity contribution < 1.29 is 38.1 Å². The van der Waals surface area contributed by atoms with Crippen LogP contribution in [0.15, 0.2) is 30.3 Å². The highest BCUT2D eigenvalue weighted by molar-refractivity contribution is 5.89. The van der Waals surface area contributed by atoms with Gasteiger partial charge in [-0.3, -0.25) is 9.59 Å². The Bertz CT molecular complexity index is 718. The number of rotatable bonds is 6. The topological polar surface area (TPSA) is 97.4 Å². The van der Waals surface area contributed by atoms with Gasteiger partial charge in [0.1, 0.15) is 5.60 Å². The molecule has 0 aromatic heterocycles. The second kappa shape index (κ2) is 7.66. The molecule has 5 atom stereocenters. The Kier molecular flexibility index (Phi) is 5.48. The Morgan fingerprint density at radius 2 is 1.78 bits per heavy atom. The minimum Gasteiger partial charge on any atom is -0.462 e. The van der Waals surface area contributed by atoms with Crippen LogP contribution in [0.2, 0.25) is 0 Å². The highest BCUT2D eigenvalue weighted by atomic mass is 16.7. The van der Waals surface area contributed by atoms with Gasteiger partial charge in [-0.05, 0) is 18.6 Å². The molecule has 1 saturated carbocycles. The maximum atomic E-state index is 12.1. The quantitative estimate of drug-likeness (QED) is 0.542. The molecule has 1 heterocycles. The number of esters is 3. The number of methoxy groups -OCH3 is 1. The molecule has 27 heavy (non-hydrogen) atoms. The average Bonchev–Trinajstić information content (AvgIpc) is 3.27. The summed E-state index contributed by atoms with van der Waals surface area (Å²) in [6.07, 6.45) is -2.09. The van der Waals surface area contributed by atoms with E-state index in [1.807, 2.05) is 6.07 Å². The summed E-state index contributed by atoms with van der Waals surface area (Å²) in [6, 6.07) is 8.63. The van der Waals surface area contributed by atoms with E-state index < -0.39 is 42.0 Å². The minimum absolute atomic E-state index is 0.0920. The fourth-order valence-electron chi connectivity index (χ4n) is 3.46. The Morgan fingerprint density at radius 3 is 2.37 bits per heavy atom. The van der Waals surface area contributed by atoms with E-state index >= 15 is 0 Å². The summed E-state index contributed by atoms with van der Waals surface area (Å²) in [5, 5.41) is 0. The van der Waals surface area contributed by atoms with E-state index in [0.29, 0.717) is 12.0 Å². The molecule has 8 nitrogen and oxygen atoms in total. The van der Waals surface area contributed by atoms with Gasteiger partial charge in [0, 0.05) is 26.9 Å². The molecule has 1 aliphatic carbocycles. The first-order valence-electron chi connectivity index (χ1n) is 8.64. The van der Waals surface area contributed by atoms with Crippen molar-refractivity contribution in [3.63, 3.8) is 0 Å². The van der Waals surface area contributed by atoms with Crippen molar-refractivity contribution in [3.05, 3.63) is 35.9 Å². The summed E-state index contributed by atoms with van der Waals surface area (Å²) in [7, 11) is 1.41. The van der Waals surface area contributed by atoms with E-state index in [-0.39, 0.29) is 12.5 Å². The predicted molar refractivity (Wildman–Crippen MR) is 90.6 cm³/mol. The maximum absolute atomic E-state index is 12.1. The fourth-order valence-corrected chi connectivity index (χ4v) is 3.46. The number of hydrogen-bond donors (Lipinski definition) is 0. The van der Waals surface area contributed by atoms with Crippen molar-refractivity contribution in [3.8, 4) is 0 Å². The summed E-state index contributed by atoms with van der Waals surface area (Å²) >= 11 is 0. The lowest BCUT2D eigenvalue weighted by Crippen LogP contribution is -2.42. The van der Waals surface area contributed by atoms with Crippen molar-refractivity contribution in [1.82, 2.24) is 0 Å². The Labute approximate surface area is 156 Å². The van der Waals surface area contributed by atoms with Crippen LogP contribution in [0, 0.1) is 5.92 Å². The van der Waals surface area contributed by atoms with Gasteiger partial charge in [-0.2, -0.15) is 0 Å². The number of benzene rings is 1. The predicted octanol–water partition coefficient (Wildman–Crippen LogP) is 1.47. The Balaban J connectivity index is 1.69. The van der Waals surface area contributed by atoms with Crippen LogP contribution in [0.4, 0.5) is 0 Å². The number of carbonyl (C=O) groups excluding carboxylic acids is 3. The van der Waals surface area contributed by atoms with Gasteiger partial charge in [0.05, 0.1) is 12.2 Å². The molecule has 1 spiro atoms. The first kappa shape index (κ1) is 19.3. The molecule has 1 aliphatic heterocycles. The normalized spacial score (nSPS) is 31.4. The zero-order valence-corrected chi connectivity index (χ0v) is 15.4. The third-order valence-electron chi connectivity index (χ3n) is 4.73. The van der Waals surface area contributed by atoms with Crippen molar-refractivity contribution in [2.75, 3.05) is 13.7 Å². The molecule has 146 valence electrons. The van der Waals surface area contributed by atoms with Gasteiger partial charge in [-0.25, -0.2) is 4.79 Å². The van der Waals surface area contributed by atoms with Gasteiger partial charge < -0.3 is 23.7 Å². The third-order valence-corrected chi connectivity index (χ3v) is 4.73. The van der Waals surface area contributed by atoms with Crippen LogP contribution in [-0.2, 0) is 33.3 Å². The van der Waals surface area contributed by atoms with Crippen LogP contribution >= 0.6 is 0 Å². The molecule has 3 rings (SSSR count). The van der Waals surface area contributed by atoms with E-state index in [4.69, 9.17) is 23.7 Å². The zero-order valence-electron chi connectivity index (χ0n) is 15.4. The molecule has 0 bridgehead atoms. The summed E-state index contributed by atoms with van der Waals surface area (Å²) in [5.74, 6) is -1.71. The summed E-state index contributed by atoms with van der Waals surface area (Å²) < 4.78 is 27.2. The minimum atomic E-state index is -0.899. The molecule has 8 heteroatoms. The van der Waals surface area contributed by atoms with E-state index in [1.165, 1.54) is 21.0 Å². The molecule has 1 aromatic rings. The van der Waals surface area contributed by atoms with Gasteiger partial charge in [0.2, 0.25) is 0 Å². The van der Waals surface area contributed by atoms with Gasteiger partial charge in [-0.1, -0.05) is 18.2 Å². The summed E-state index contributed by atoms with van der Waals surface area (Å²) in [5.41, 5.74) is -0.452. The standard InChI is InChI=1S/C19H22O8/c1-11(20)25-15-16(26-12(2)21)19(27-18(15)23-3)9-14(19)10-24-17(22)13-7-5-4-6-8-13/h4-8,14-16,18H,9-10H2,1-3H3/t14-,15-,16?,18+,19+/m0/s1. The third kappa shape index (κ3) is 3.96. The summed E-state index contributed by atoms with van der Waals surface area (Å²) in [4.78, 5) is 35.1. The van der Waals surface area contributed by atoms with Crippen LogP contribution < -0.4 is 0 Å². The van der Waals surface area contributed by atoms with Crippen molar-refractivity contribution in [2.24, 2.45) is 5.92 Å². The lowest BCUT2D eigenvalue weighted by Gasteiger charge is -2.23. The van der Waals surface area contributed by atoms with Crippen LogP contribution in [-0.4, -0.2) is 55.7 Å². The molecular weight excluding hydrogens is 356 g/mol. The van der Waals surface area contributed by atoms with Crippen LogP contribution in [0.5, 0.6) is 0 Å². The lowest BCUT2D eigenvalue weighted by atomic mass is 10.1. The van der Waals surface area contributed by atoms with Crippen molar-refractivity contribution in [1.29, 1.82) is 0 Å². The van der Waals surface area contributed by atoms with E-state index in [9.17, 15) is 14.4 Å². The van der Waals surface area contributed by atoms with Crippen LogP contribution in [0.1, 0.15) is 30.6 Å². The number of carbonyl (C=O) groups is 3. The van der Waals surface area contributed by atoms with Crippen LogP contribution in [0.3, 0.4) is 0 Å². The number of hydrogen-bond acceptors (Lipinski definition) is 8. The lowest BCUT2D eigenvalue weighted by molar-refractivity contribution is -0.182. The highest BCUT2D eigenvalue weighted by Gasteiger charge is 2.72. The van der Waals surface area contributed by atoms with Crippen molar-refractivity contribution in [2.45, 2.75) is 44.4 Å². The SMILES string of the molecule is CO[C@@H]1O[C@@]2(C[C@H]2COC(=O)c2ccccc2)C(OC(C)=O)[C@@H]1OC(C)=O. The summed E-state index contributed by atoms with van der Waals surface area (Å²) in [6.45, 7) is 2.62. The molecular formula is C19H22O8. The molecule has 2 fully saturated rings. The molecule has 0 amide bonds. The molecule has 1 aromatic carbocycles. The second-order valence-electron chi connectivity index (χ2n) is 6.65. The van der Waals surface area contributed by atoms with Crippen molar-refractivity contribution >= 4 is 17.9 Å². The second-order valence-corrected chi connectivity index (χ2v) is 6.65. The average molecular weight is 378 g/mol. The van der Waals surface area contributed by atoms with Gasteiger partial charge in [0.15, 0.2) is 18.5 Å². The first-order valence-corrected chi connectivity index (χ1v) is 8.64. The van der Waals surface area contributed by atoms with E-state index in [2.05, 4.69) is 0 Å². The smallest absolute Gasteiger partial charge is 0.338 e. The molecule has 2 aliphatic rings. The molecule has 1 unspecified atom stereocenters. The van der Waals surface area contributed by atoms with Gasteiger partial charge in [0.25, 0.3) is 0 Å². The Morgan fingerprint density at radius 1 is 1.11 bits per heavy atom. The van der Waals surface area contributed by atoms with Gasteiger partial charge >= 0.3 is 17.9 Å². The van der Waals surface area contributed by atoms with Gasteiger partial charge in [-0.15, -0.1) is 0 Å². The molecule has 0 radical (unpaired) electrons. The molecule has 1 saturated heterocycles.